The van der Waals surface area contributed by atoms with Gasteiger partial charge in [-0.15, -0.1) is 0 Å². The lowest BCUT2D eigenvalue weighted by atomic mass is 10.1. The van der Waals surface area contributed by atoms with Gasteiger partial charge < -0.3 is 15.0 Å². The summed E-state index contributed by atoms with van der Waals surface area (Å²) >= 11 is 3.43. The van der Waals surface area contributed by atoms with Crippen LogP contribution in [0.1, 0.15) is 46.1 Å². The maximum Gasteiger partial charge on any atom is 0.242 e. The maximum atomic E-state index is 13.0. The van der Waals surface area contributed by atoms with Gasteiger partial charge in [0.05, 0.1) is 6.61 Å². The lowest BCUT2D eigenvalue weighted by molar-refractivity contribution is -0.141. The molecule has 5 nitrogen and oxygen atoms in total. The number of halogens is 1. The molecule has 0 radical (unpaired) electrons. The Morgan fingerprint density at radius 3 is 2.30 bits per heavy atom. The van der Waals surface area contributed by atoms with Crippen molar-refractivity contribution in [2.24, 2.45) is 0 Å². The Morgan fingerprint density at radius 2 is 1.70 bits per heavy atom. The Labute approximate surface area is 187 Å². The summed E-state index contributed by atoms with van der Waals surface area (Å²) in [7, 11) is 0. The van der Waals surface area contributed by atoms with Gasteiger partial charge in [0.25, 0.3) is 0 Å². The molecule has 0 bridgehead atoms. The van der Waals surface area contributed by atoms with Crippen molar-refractivity contribution >= 4 is 27.7 Å². The fourth-order valence-corrected chi connectivity index (χ4v) is 3.18. The van der Waals surface area contributed by atoms with E-state index in [4.69, 9.17) is 4.74 Å². The Balaban J connectivity index is 2.02. The number of nitrogens with one attached hydrogen (secondary N) is 1. The van der Waals surface area contributed by atoms with Crippen molar-refractivity contribution in [1.82, 2.24) is 10.2 Å². The zero-order valence-corrected chi connectivity index (χ0v) is 19.7. The van der Waals surface area contributed by atoms with E-state index >= 15 is 0 Å². The van der Waals surface area contributed by atoms with Gasteiger partial charge in [-0.1, -0.05) is 46.3 Å². The van der Waals surface area contributed by atoms with E-state index < -0.39 is 6.04 Å². The first kappa shape index (κ1) is 23.9. The van der Waals surface area contributed by atoms with Crippen molar-refractivity contribution in [1.29, 1.82) is 0 Å². The highest BCUT2D eigenvalue weighted by Crippen LogP contribution is 2.16. The molecule has 2 rings (SSSR count). The van der Waals surface area contributed by atoms with Gasteiger partial charge in [-0.05, 0) is 63.9 Å². The normalized spacial score (nSPS) is 12.2. The van der Waals surface area contributed by atoms with Crippen LogP contribution in [0.5, 0.6) is 5.75 Å². The van der Waals surface area contributed by atoms with Crippen LogP contribution in [0.25, 0.3) is 0 Å². The molecule has 0 aliphatic heterocycles. The van der Waals surface area contributed by atoms with E-state index in [0.717, 1.165) is 15.8 Å². The molecule has 0 saturated heterocycles. The van der Waals surface area contributed by atoms with Crippen LogP contribution in [0, 0.1) is 0 Å². The van der Waals surface area contributed by atoms with Crippen molar-refractivity contribution in [3.8, 4) is 5.75 Å². The van der Waals surface area contributed by atoms with Gasteiger partial charge in [-0.2, -0.15) is 0 Å². The number of rotatable bonds is 9. The molecule has 30 heavy (non-hydrogen) atoms. The van der Waals surface area contributed by atoms with Gasteiger partial charge in [0.1, 0.15) is 11.8 Å². The molecule has 0 aliphatic carbocycles. The quantitative estimate of drug-likeness (QED) is 0.523. The average molecular weight is 475 g/mol. The van der Waals surface area contributed by atoms with Crippen molar-refractivity contribution in [2.75, 3.05) is 6.61 Å². The van der Waals surface area contributed by atoms with E-state index in [9.17, 15) is 9.59 Å². The molecular weight excluding hydrogens is 444 g/mol. The highest BCUT2D eigenvalue weighted by Gasteiger charge is 2.28. The number of carbonyl (C=O) groups is 2. The molecule has 0 spiro atoms. The number of ether oxygens (including phenoxy) is 1. The molecule has 0 saturated carbocycles. The average Bonchev–Trinajstić information content (AvgIpc) is 2.69. The smallest absolute Gasteiger partial charge is 0.242 e. The van der Waals surface area contributed by atoms with Crippen molar-refractivity contribution in [3.05, 3.63) is 64.6 Å². The first-order chi connectivity index (χ1) is 14.2. The van der Waals surface area contributed by atoms with E-state index in [2.05, 4.69) is 21.2 Å². The molecule has 0 heterocycles. The lowest BCUT2D eigenvalue weighted by Crippen LogP contribution is -2.52. The van der Waals surface area contributed by atoms with Crippen molar-refractivity contribution in [3.63, 3.8) is 0 Å². The largest absolute Gasteiger partial charge is 0.494 e. The Bertz CT molecular complexity index is 817. The van der Waals surface area contributed by atoms with Gasteiger partial charge in [-0.3, -0.25) is 9.59 Å². The van der Waals surface area contributed by atoms with Crippen LogP contribution in [-0.4, -0.2) is 34.9 Å². The van der Waals surface area contributed by atoms with Gasteiger partial charge in [-0.25, -0.2) is 0 Å². The van der Waals surface area contributed by atoms with E-state index in [0.29, 0.717) is 26.0 Å². The summed E-state index contributed by atoms with van der Waals surface area (Å²) in [6.07, 6.45) is 0.897. The topological polar surface area (TPSA) is 58.6 Å². The third-order valence-corrected chi connectivity index (χ3v) is 5.01. The molecule has 0 fully saturated rings. The predicted molar refractivity (Wildman–Crippen MR) is 123 cm³/mol. The summed E-state index contributed by atoms with van der Waals surface area (Å²) in [5.41, 5.74) is 0.615. The SMILES string of the molecule is CC(C(=O)NC(C)(C)C)N(Cc1ccc(Br)cc1)C(=O)CCCOc1ccccc1. The second-order valence-electron chi connectivity index (χ2n) is 8.33. The van der Waals surface area contributed by atoms with Crippen molar-refractivity contribution < 1.29 is 14.3 Å². The van der Waals surface area contributed by atoms with Crippen LogP contribution >= 0.6 is 15.9 Å². The Hall–Kier alpha value is -2.34. The number of hydrogen-bond acceptors (Lipinski definition) is 3. The van der Waals surface area contributed by atoms with E-state index in [-0.39, 0.29) is 17.4 Å². The minimum atomic E-state index is -0.574. The van der Waals surface area contributed by atoms with Gasteiger partial charge in [0, 0.05) is 23.0 Å². The number of hydrogen-bond donors (Lipinski definition) is 1. The molecule has 162 valence electrons. The first-order valence-corrected chi connectivity index (χ1v) is 11.0. The summed E-state index contributed by atoms with van der Waals surface area (Å²) in [5, 5.41) is 2.97. The zero-order valence-electron chi connectivity index (χ0n) is 18.2. The highest BCUT2D eigenvalue weighted by molar-refractivity contribution is 9.10. The van der Waals surface area contributed by atoms with E-state index in [1.54, 1.807) is 11.8 Å². The number of nitrogens with zero attached hydrogens (tertiary/aromatic N) is 1. The fraction of sp³-hybridized carbons (Fsp3) is 0.417. The number of carbonyl (C=O) groups excluding carboxylic acids is 2. The molecule has 2 aromatic carbocycles. The standard InChI is InChI=1S/C24H31BrN2O3/c1-18(23(29)26-24(2,3)4)27(17-19-12-14-20(25)15-13-19)22(28)11-8-16-30-21-9-6-5-7-10-21/h5-7,9-10,12-15,18H,8,11,16-17H2,1-4H3,(H,26,29). The summed E-state index contributed by atoms with van der Waals surface area (Å²) < 4.78 is 6.66. The zero-order chi connectivity index (χ0) is 22.1. The second-order valence-corrected chi connectivity index (χ2v) is 9.24. The minimum Gasteiger partial charge on any atom is -0.494 e. The number of para-hydroxylation sites is 1. The summed E-state index contributed by atoms with van der Waals surface area (Å²) in [4.78, 5) is 27.4. The minimum absolute atomic E-state index is 0.0638. The van der Waals surface area contributed by atoms with Crippen LogP contribution < -0.4 is 10.1 Å². The van der Waals surface area contributed by atoms with Crippen LogP contribution in [-0.2, 0) is 16.1 Å². The molecule has 1 atom stereocenters. The monoisotopic (exact) mass is 474 g/mol. The lowest BCUT2D eigenvalue weighted by Gasteiger charge is -2.31. The molecule has 0 aromatic heterocycles. The molecule has 2 amide bonds. The van der Waals surface area contributed by atoms with Crippen molar-refractivity contribution in [2.45, 2.75) is 58.7 Å². The molecule has 0 aliphatic rings. The molecule has 2 aromatic rings. The van der Waals surface area contributed by atoms with Crippen LogP contribution in [0.3, 0.4) is 0 Å². The maximum absolute atomic E-state index is 13.0. The first-order valence-electron chi connectivity index (χ1n) is 10.2. The van der Waals surface area contributed by atoms with Gasteiger partial charge in [0.15, 0.2) is 0 Å². The van der Waals surface area contributed by atoms with Crippen LogP contribution in [0.4, 0.5) is 0 Å². The number of benzene rings is 2. The highest BCUT2D eigenvalue weighted by atomic mass is 79.9. The van der Waals surface area contributed by atoms with Gasteiger partial charge in [0.2, 0.25) is 11.8 Å². The molecular formula is C24H31BrN2O3. The summed E-state index contributed by atoms with van der Waals surface area (Å²) in [5.74, 6) is 0.564. The predicted octanol–water partition coefficient (Wildman–Crippen LogP) is 4.94. The fourth-order valence-electron chi connectivity index (χ4n) is 2.92. The Morgan fingerprint density at radius 1 is 1.07 bits per heavy atom. The Kier molecular flexibility index (Phi) is 8.90. The molecule has 1 unspecified atom stereocenters. The van der Waals surface area contributed by atoms with E-state index in [1.807, 2.05) is 75.4 Å². The van der Waals surface area contributed by atoms with E-state index in [1.165, 1.54) is 0 Å². The third-order valence-electron chi connectivity index (χ3n) is 4.48. The van der Waals surface area contributed by atoms with Crippen LogP contribution in [0.15, 0.2) is 59.1 Å². The summed E-state index contributed by atoms with van der Waals surface area (Å²) in [6.45, 7) is 8.39. The van der Waals surface area contributed by atoms with Crippen LogP contribution in [0.2, 0.25) is 0 Å². The second kappa shape index (κ2) is 11.2. The summed E-state index contributed by atoms with van der Waals surface area (Å²) in [6, 6.07) is 16.7. The number of amides is 2. The van der Waals surface area contributed by atoms with Gasteiger partial charge >= 0.3 is 0 Å². The molecule has 1 N–H and O–H groups in total. The molecule has 6 heteroatoms. The third kappa shape index (κ3) is 8.19.